The van der Waals surface area contributed by atoms with Crippen LogP contribution in [0.25, 0.3) is 0 Å². The third-order valence-electron chi connectivity index (χ3n) is 3.92. The van der Waals surface area contributed by atoms with Crippen molar-refractivity contribution >= 4 is 28.2 Å². The minimum absolute atomic E-state index is 0.0353. The molecule has 0 aromatic carbocycles. The summed E-state index contributed by atoms with van der Waals surface area (Å²) in [5, 5.41) is 5.17. The zero-order valence-electron chi connectivity index (χ0n) is 11.8. The lowest BCUT2D eigenvalue weighted by Gasteiger charge is -2.23. The number of primary amides is 1. The number of hydrogen-bond acceptors (Lipinski definition) is 3. The Morgan fingerprint density at radius 1 is 1.30 bits per heavy atom. The molecule has 0 radical (unpaired) electrons. The minimum Gasteiger partial charge on any atom is -0.366 e. The summed E-state index contributed by atoms with van der Waals surface area (Å²) in [4.78, 5) is 24.9. The third kappa shape index (κ3) is 3.58. The van der Waals surface area contributed by atoms with Crippen LogP contribution in [0.4, 0.5) is 5.00 Å². The van der Waals surface area contributed by atoms with Crippen molar-refractivity contribution in [1.82, 2.24) is 0 Å². The SMILES string of the molecule is C[C@@H](C(=O)Nc1sccc1C(N)=O)[NH+]1CCCCCC1. The molecule has 2 heterocycles. The van der Waals surface area contributed by atoms with Gasteiger partial charge in [-0.25, -0.2) is 0 Å². The molecule has 1 aliphatic rings. The van der Waals surface area contributed by atoms with Gasteiger partial charge in [0.2, 0.25) is 0 Å². The number of carbonyl (C=O) groups excluding carboxylic acids is 2. The van der Waals surface area contributed by atoms with Gasteiger partial charge in [-0.3, -0.25) is 9.59 Å². The van der Waals surface area contributed by atoms with Gasteiger partial charge in [-0.05, 0) is 44.1 Å². The Hall–Kier alpha value is -1.40. The van der Waals surface area contributed by atoms with E-state index in [9.17, 15) is 9.59 Å². The van der Waals surface area contributed by atoms with Crippen LogP contribution in [-0.2, 0) is 4.79 Å². The molecular formula is C14H22N3O2S+. The van der Waals surface area contributed by atoms with Crippen LogP contribution in [0.1, 0.15) is 43.0 Å². The lowest BCUT2D eigenvalue weighted by atomic mass is 10.2. The third-order valence-corrected chi connectivity index (χ3v) is 4.75. The molecule has 1 aliphatic heterocycles. The van der Waals surface area contributed by atoms with Gasteiger partial charge >= 0.3 is 0 Å². The van der Waals surface area contributed by atoms with Gasteiger partial charge in [0.15, 0.2) is 6.04 Å². The molecule has 110 valence electrons. The number of anilines is 1. The summed E-state index contributed by atoms with van der Waals surface area (Å²) in [6, 6.07) is 1.54. The highest BCUT2D eigenvalue weighted by Crippen LogP contribution is 2.22. The molecule has 0 unspecified atom stereocenters. The summed E-state index contributed by atoms with van der Waals surface area (Å²) in [6.45, 7) is 4.04. The molecule has 1 aromatic rings. The molecule has 0 bridgehead atoms. The second kappa shape index (κ2) is 6.85. The molecule has 4 N–H and O–H groups in total. The molecule has 2 amide bonds. The van der Waals surface area contributed by atoms with Gasteiger partial charge in [0.1, 0.15) is 5.00 Å². The number of nitrogens with one attached hydrogen (secondary N) is 2. The number of thiophene rings is 1. The average molecular weight is 296 g/mol. The van der Waals surface area contributed by atoms with E-state index < -0.39 is 5.91 Å². The first kappa shape index (κ1) is 15.0. The number of quaternary nitrogens is 1. The van der Waals surface area contributed by atoms with Crippen LogP contribution in [-0.4, -0.2) is 30.9 Å². The van der Waals surface area contributed by atoms with Crippen LogP contribution < -0.4 is 16.0 Å². The Balaban J connectivity index is 1.99. The molecular weight excluding hydrogens is 274 g/mol. The molecule has 0 spiro atoms. The highest BCUT2D eigenvalue weighted by Gasteiger charge is 2.26. The van der Waals surface area contributed by atoms with Gasteiger partial charge in [0, 0.05) is 0 Å². The number of nitrogens with two attached hydrogens (primary N) is 1. The van der Waals surface area contributed by atoms with E-state index in [2.05, 4.69) is 5.32 Å². The number of carbonyl (C=O) groups is 2. The zero-order valence-corrected chi connectivity index (χ0v) is 12.6. The molecule has 0 saturated carbocycles. The smallest absolute Gasteiger partial charge is 0.282 e. The molecule has 0 aliphatic carbocycles. The maximum Gasteiger partial charge on any atom is 0.282 e. The highest BCUT2D eigenvalue weighted by atomic mass is 32.1. The maximum atomic E-state index is 12.3. The predicted molar refractivity (Wildman–Crippen MR) is 80.1 cm³/mol. The van der Waals surface area contributed by atoms with E-state index >= 15 is 0 Å². The fraction of sp³-hybridized carbons (Fsp3) is 0.571. The van der Waals surface area contributed by atoms with Crippen molar-refractivity contribution in [1.29, 1.82) is 0 Å². The summed E-state index contributed by atoms with van der Waals surface area (Å²) >= 11 is 1.33. The summed E-state index contributed by atoms with van der Waals surface area (Å²) in [7, 11) is 0. The van der Waals surface area contributed by atoms with E-state index in [0.717, 1.165) is 13.1 Å². The van der Waals surface area contributed by atoms with Crippen molar-refractivity contribution < 1.29 is 14.5 Å². The van der Waals surface area contributed by atoms with E-state index in [1.54, 1.807) is 11.4 Å². The van der Waals surface area contributed by atoms with Crippen molar-refractivity contribution in [2.75, 3.05) is 18.4 Å². The predicted octanol–water partition coefficient (Wildman–Crippen LogP) is 0.633. The lowest BCUT2D eigenvalue weighted by molar-refractivity contribution is -0.913. The van der Waals surface area contributed by atoms with Crippen molar-refractivity contribution in [3.05, 3.63) is 17.0 Å². The highest BCUT2D eigenvalue weighted by molar-refractivity contribution is 7.14. The van der Waals surface area contributed by atoms with Crippen LogP contribution in [0.3, 0.4) is 0 Å². The fourth-order valence-corrected chi connectivity index (χ4v) is 3.42. The summed E-state index contributed by atoms with van der Waals surface area (Å²) in [5.74, 6) is -0.539. The molecule has 1 fully saturated rings. The van der Waals surface area contributed by atoms with E-state index in [1.807, 2.05) is 6.92 Å². The summed E-state index contributed by atoms with van der Waals surface area (Å²) in [6.07, 6.45) is 4.88. The normalized spacial score (nSPS) is 18.2. The van der Waals surface area contributed by atoms with E-state index in [0.29, 0.717) is 10.6 Å². The Kier molecular flexibility index (Phi) is 5.14. The van der Waals surface area contributed by atoms with Crippen LogP contribution >= 0.6 is 11.3 Å². The van der Waals surface area contributed by atoms with Gasteiger partial charge in [-0.1, -0.05) is 0 Å². The number of amides is 2. The van der Waals surface area contributed by atoms with Crippen LogP contribution in [0.5, 0.6) is 0 Å². The first-order chi connectivity index (χ1) is 9.59. The number of rotatable bonds is 4. The topological polar surface area (TPSA) is 76.6 Å². The number of likely N-dealkylation sites (tertiary alicyclic amines) is 1. The van der Waals surface area contributed by atoms with Crippen molar-refractivity contribution in [3.8, 4) is 0 Å². The standard InChI is InChI=1S/C14H21N3O2S/c1-10(17-7-4-2-3-5-8-17)13(19)16-14-11(12(15)18)6-9-20-14/h6,9-10H,2-5,7-8H2,1H3,(H2,15,18)(H,16,19)/p+1/t10-/m0/s1. The van der Waals surface area contributed by atoms with Gasteiger partial charge in [0.05, 0.1) is 18.7 Å². The lowest BCUT2D eigenvalue weighted by Crippen LogP contribution is -3.16. The fourth-order valence-electron chi connectivity index (χ4n) is 2.62. The van der Waals surface area contributed by atoms with E-state index in [-0.39, 0.29) is 11.9 Å². The van der Waals surface area contributed by atoms with E-state index in [4.69, 9.17) is 5.73 Å². The van der Waals surface area contributed by atoms with Gasteiger partial charge in [-0.2, -0.15) is 0 Å². The van der Waals surface area contributed by atoms with Crippen molar-refractivity contribution in [2.45, 2.75) is 38.6 Å². The van der Waals surface area contributed by atoms with Crippen LogP contribution in [0, 0.1) is 0 Å². The first-order valence-corrected chi connectivity index (χ1v) is 8.00. The van der Waals surface area contributed by atoms with Gasteiger partial charge in [0.25, 0.3) is 11.8 Å². The molecule has 5 nitrogen and oxygen atoms in total. The van der Waals surface area contributed by atoms with Crippen molar-refractivity contribution in [2.24, 2.45) is 5.73 Å². The minimum atomic E-state index is -0.503. The molecule has 2 rings (SSSR count). The van der Waals surface area contributed by atoms with Gasteiger partial charge < -0.3 is 16.0 Å². The average Bonchev–Trinajstić information content (AvgIpc) is 2.72. The van der Waals surface area contributed by atoms with Crippen molar-refractivity contribution in [3.63, 3.8) is 0 Å². The molecule has 1 saturated heterocycles. The quantitative estimate of drug-likeness (QED) is 0.762. The first-order valence-electron chi connectivity index (χ1n) is 7.12. The van der Waals surface area contributed by atoms with Crippen LogP contribution in [0.2, 0.25) is 0 Å². The Bertz CT molecular complexity index is 479. The number of hydrogen-bond donors (Lipinski definition) is 3. The Morgan fingerprint density at radius 2 is 1.95 bits per heavy atom. The molecule has 6 heteroatoms. The maximum absolute atomic E-state index is 12.3. The second-order valence-corrected chi connectivity index (χ2v) is 6.23. The van der Waals surface area contributed by atoms with Crippen LogP contribution in [0.15, 0.2) is 11.4 Å². The molecule has 1 atom stereocenters. The summed E-state index contributed by atoms with van der Waals surface area (Å²) in [5.41, 5.74) is 5.68. The molecule has 20 heavy (non-hydrogen) atoms. The van der Waals surface area contributed by atoms with E-state index in [1.165, 1.54) is 41.9 Å². The Morgan fingerprint density at radius 3 is 2.55 bits per heavy atom. The Labute approximate surface area is 123 Å². The monoisotopic (exact) mass is 296 g/mol. The zero-order chi connectivity index (χ0) is 14.5. The largest absolute Gasteiger partial charge is 0.366 e. The molecule has 1 aromatic heterocycles. The van der Waals surface area contributed by atoms with Gasteiger partial charge in [-0.15, -0.1) is 11.3 Å². The summed E-state index contributed by atoms with van der Waals surface area (Å²) < 4.78 is 0. The second-order valence-electron chi connectivity index (χ2n) is 5.31.